The van der Waals surface area contributed by atoms with Gasteiger partial charge in [-0.25, -0.2) is 0 Å². The largest absolute Gasteiger partial charge is 0.673 e. The van der Waals surface area contributed by atoms with E-state index in [2.05, 4.69) is 182 Å². The maximum Gasteiger partial charge on any atom is 0.673 e. The first-order valence-corrected chi connectivity index (χ1v) is 16.5. The van der Waals surface area contributed by atoms with Gasteiger partial charge in [0.25, 0.3) is 0 Å². The third kappa shape index (κ3) is 11.2. The average molecular weight is 765 g/mol. The van der Waals surface area contributed by atoms with Crippen LogP contribution in [0.5, 0.6) is 0 Å². The molecule has 1 heterocycles. The number of rotatable bonds is 10. The topological polar surface area (TPSA) is 30.9 Å². The minimum atomic E-state index is -6.00. The smallest absolute Gasteiger partial charge is 0.418 e. The minimum absolute atomic E-state index is 0.618. The third-order valence-electron chi connectivity index (χ3n) is 7.24. The van der Waals surface area contributed by atoms with E-state index < -0.39 is 7.25 Å². The summed E-state index contributed by atoms with van der Waals surface area (Å²) in [6, 6.07) is 42.9. The van der Waals surface area contributed by atoms with Crippen LogP contribution in [0.1, 0.15) is 30.5 Å². The number of nitriles is 1. The summed E-state index contributed by atoms with van der Waals surface area (Å²) in [5.74, 6) is 0. The van der Waals surface area contributed by atoms with Gasteiger partial charge in [0.05, 0.1) is 6.07 Å². The first-order chi connectivity index (χ1) is 22.5. The molecule has 0 radical (unpaired) electrons. The van der Waals surface area contributed by atoms with Crippen LogP contribution < -0.4 is 9.47 Å². The second-order valence-electron chi connectivity index (χ2n) is 10.7. The predicted molar refractivity (Wildman–Crippen MR) is 193 cm³/mol. The Morgan fingerprint density at radius 3 is 1.87 bits per heavy atom. The molecular weight excluding hydrogens is 733 g/mol. The van der Waals surface area contributed by atoms with Gasteiger partial charge in [0.1, 0.15) is 0 Å². The van der Waals surface area contributed by atoms with Gasteiger partial charge in [0.2, 0.25) is 17.1 Å². The summed E-state index contributed by atoms with van der Waals surface area (Å²) in [5, 5.41) is 8.78. The molecule has 240 valence electrons. The number of unbranched alkanes of at least 4 members (excludes halogenated alkanes) is 2. The molecule has 0 aliphatic carbocycles. The molecule has 0 atom stereocenters. The zero-order valence-corrected chi connectivity index (χ0v) is 28.8. The Morgan fingerprint density at radius 2 is 1.30 bits per heavy atom. The Morgan fingerprint density at radius 1 is 0.723 bits per heavy atom. The van der Waals surface area contributed by atoms with E-state index in [9.17, 15) is 17.3 Å². The molecule has 5 aromatic rings. The fraction of sp³-hybridized carbons (Fsp3) is 0.135. The molecule has 47 heavy (non-hydrogen) atoms. The maximum atomic E-state index is 9.75. The van der Waals surface area contributed by atoms with Crippen molar-refractivity contribution < 1.29 is 21.8 Å². The van der Waals surface area contributed by atoms with Crippen molar-refractivity contribution in [1.82, 2.24) is 0 Å². The van der Waals surface area contributed by atoms with E-state index in [-0.39, 0.29) is 0 Å². The van der Waals surface area contributed by atoms with E-state index in [4.69, 9.17) is 5.26 Å². The van der Waals surface area contributed by atoms with Crippen LogP contribution in [-0.4, -0.2) is 20.8 Å². The van der Waals surface area contributed by atoms with Gasteiger partial charge in [0.15, 0.2) is 0 Å². The van der Waals surface area contributed by atoms with Crippen LogP contribution in [0, 0.1) is 11.3 Å². The summed E-state index contributed by atoms with van der Waals surface area (Å²) in [4.78, 5) is 2.25. The highest BCUT2D eigenvalue weighted by Crippen LogP contribution is 2.29. The molecule has 0 amide bonds. The predicted octanol–water partition coefficient (Wildman–Crippen LogP) is 11.4. The Labute approximate surface area is 290 Å². The van der Waals surface area contributed by atoms with Gasteiger partial charge < -0.3 is 22.2 Å². The molecule has 0 saturated carbocycles. The molecule has 3 nitrogen and oxygen atoms in total. The summed E-state index contributed by atoms with van der Waals surface area (Å²) >= 11 is 7.18. The van der Waals surface area contributed by atoms with E-state index in [1.54, 1.807) is 0 Å². The third-order valence-corrected chi connectivity index (χ3v) is 8.30. The molecule has 0 fully saturated rings. The molecule has 0 N–H and O–H groups in total. The van der Waals surface area contributed by atoms with E-state index in [1.165, 1.54) is 5.69 Å². The molecule has 0 saturated heterocycles. The van der Waals surface area contributed by atoms with Gasteiger partial charge >= 0.3 is 7.25 Å². The number of para-hydroxylation sites is 1. The van der Waals surface area contributed by atoms with Gasteiger partial charge in [-0.15, -0.1) is 0 Å². The summed E-state index contributed by atoms with van der Waals surface area (Å²) in [6.45, 7) is 0.940. The van der Waals surface area contributed by atoms with E-state index in [1.807, 2.05) is 0 Å². The van der Waals surface area contributed by atoms with Gasteiger partial charge in [-0.05, 0) is 84.1 Å². The average Bonchev–Trinajstić information content (AvgIpc) is 3.06. The number of anilines is 1. The Balaban J connectivity index is 0.000000930. The van der Waals surface area contributed by atoms with Gasteiger partial charge in [-0.2, -0.15) is 9.83 Å². The van der Waals surface area contributed by atoms with Crippen LogP contribution in [-0.2, 0) is 0 Å². The van der Waals surface area contributed by atoms with Crippen molar-refractivity contribution in [3.63, 3.8) is 0 Å². The lowest BCUT2D eigenvalue weighted by Crippen LogP contribution is -2.37. The molecule has 0 aliphatic heterocycles. The molecule has 0 spiro atoms. The number of hydrogen-bond donors (Lipinski definition) is 0. The highest BCUT2D eigenvalue weighted by atomic mass is 79.9. The van der Waals surface area contributed by atoms with Crippen LogP contribution in [0.4, 0.5) is 23.0 Å². The van der Waals surface area contributed by atoms with Gasteiger partial charge in [-0.1, -0.05) is 74.3 Å². The van der Waals surface area contributed by atoms with E-state index in [0.717, 1.165) is 67.7 Å². The van der Waals surface area contributed by atoms with Crippen LogP contribution in [0.25, 0.3) is 40.2 Å². The van der Waals surface area contributed by atoms with Crippen LogP contribution >= 0.6 is 31.9 Å². The molecule has 0 unspecified atom stereocenters. The number of nitrogens with zero attached hydrogens (tertiary/aromatic N) is 3. The van der Waals surface area contributed by atoms with Crippen LogP contribution in [0.15, 0.2) is 124 Å². The SMILES string of the molecule is CN(CCCCC#N)c1ccc(/C=C/c2cc(-c3ccc(Br)cc3)cc(-c3ccc(Br)cc3)[n+]2-c2ccccc2)cc1.F[B-](F)(F)F. The van der Waals surface area contributed by atoms with Crippen molar-refractivity contribution in [2.45, 2.75) is 19.3 Å². The quantitative estimate of drug-likeness (QED) is 0.0614. The van der Waals surface area contributed by atoms with Crippen LogP contribution in [0.3, 0.4) is 0 Å². The lowest BCUT2D eigenvalue weighted by Gasteiger charge is -2.19. The molecule has 4 aromatic carbocycles. The fourth-order valence-electron chi connectivity index (χ4n) is 4.95. The summed E-state index contributed by atoms with van der Waals surface area (Å²) in [5.41, 5.74) is 9.06. The number of hydrogen-bond acceptors (Lipinski definition) is 2. The van der Waals surface area contributed by atoms with Crippen molar-refractivity contribution in [3.8, 4) is 34.1 Å². The normalized spacial score (nSPS) is 11.1. The fourth-order valence-corrected chi connectivity index (χ4v) is 5.48. The Bertz CT molecular complexity index is 1800. The number of benzene rings is 4. The van der Waals surface area contributed by atoms with E-state index in [0.29, 0.717) is 6.42 Å². The lowest BCUT2D eigenvalue weighted by atomic mass is 10.0. The molecular formula is C37H32BBr2F4N3. The second kappa shape index (κ2) is 17.1. The first kappa shape index (κ1) is 35.7. The molecule has 0 aliphatic rings. The molecule has 10 heteroatoms. The highest BCUT2D eigenvalue weighted by molar-refractivity contribution is 9.10. The Kier molecular flexibility index (Phi) is 13.0. The first-order valence-electron chi connectivity index (χ1n) is 14.9. The van der Waals surface area contributed by atoms with Crippen molar-refractivity contribution in [1.29, 1.82) is 5.26 Å². The van der Waals surface area contributed by atoms with Crippen molar-refractivity contribution in [2.75, 3.05) is 18.5 Å². The standard InChI is InChI=1S/C37H32Br2N3.BF4/c1-41(25-7-3-6-24-40)34-21-10-28(11-22-34)12-23-36-26-31(29-13-17-32(38)18-14-29)27-37(30-15-19-33(39)20-16-30)42(36)35-8-4-2-5-9-35;2-1(3,4)5/h2,4-5,8-23,26-27H,3,6-7,25H2,1H3;/q+1;-1. The van der Waals surface area contributed by atoms with Crippen LogP contribution in [0.2, 0.25) is 0 Å². The maximum absolute atomic E-state index is 9.75. The summed E-state index contributed by atoms with van der Waals surface area (Å²) < 4.78 is 43.4. The zero-order chi connectivity index (χ0) is 33.8. The van der Waals surface area contributed by atoms with Gasteiger partial charge in [-0.3, -0.25) is 0 Å². The molecule has 0 bridgehead atoms. The summed E-state index contributed by atoms with van der Waals surface area (Å²) in [6.07, 6.45) is 6.96. The number of aromatic nitrogens is 1. The monoisotopic (exact) mass is 763 g/mol. The van der Waals surface area contributed by atoms with Crippen molar-refractivity contribution in [3.05, 3.63) is 135 Å². The second-order valence-corrected chi connectivity index (χ2v) is 12.5. The summed E-state index contributed by atoms with van der Waals surface area (Å²) in [7, 11) is -3.89. The van der Waals surface area contributed by atoms with Gasteiger partial charge in [0, 0.05) is 70.6 Å². The lowest BCUT2D eigenvalue weighted by molar-refractivity contribution is -0.585. The van der Waals surface area contributed by atoms with Crippen molar-refractivity contribution in [2.24, 2.45) is 0 Å². The Hall–Kier alpha value is -4.20. The molecule has 1 aromatic heterocycles. The zero-order valence-electron chi connectivity index (χ0n) is 25.6. The van der Waals surface area contributed by atoms with Crippen molar-refractivity contribution >= 4 is 57.0 Å². The highest BCUT2D eigenvalue weighted by Gasteiger charge is 2.23. The number of pyridine rings is 1. The van der Waals surface area contributed by atoms with E-state index >= 15 is 0 Å². The molecule has 5 rings (SSSR count). The number of halogens is 6. The minimum Gasteiger partial charge on any atom is -0.418 e.